The molecule has 0 amide bonds. The lowest BCUT2D eigenvalue weighted by Gasteiger charge is -2.35. The molecular weight excluding hydrogens is 254 g/mol. The number of aromatic nitrogens is 2. The largest absolute Gasteiger partial charge is 0.366 e. The van der Waals surface area contributed by atoms with Gasteiger partial charge < -0.3 is 10.6 Å². The summed E-state index contributed by atoms with van der Waals surface area (Å²) in [6.07, 6.45) is 1.66. The lowest BCUT2D eigenvalue weighted by atomic mass is 10.3. The maximum absolute atomic E-state index is 11.7. The van der Waals surface area contributed by atoms with Gasteiger partial charge >= 0.3 is 0 Å². The highest BCUT2D eigenvalue weighted by Gasteiger charge is 2.20. The molecule has 1 saturated heterocycles. The second-order valence-corrected chi connectivity index (χ2v) is 4.77. The Morgan fingerprint density at radius 1 is 1.39 bits per heavy atom. The smallest absolute Gasteiger partial charge is 0.287 e. The van der Waals surface area contributed by atoms with Gasteiger partial charge in [0.2, 0.25) is 0 Å². The van der Waals surface area contributed by atoms with Gasteiger partial charge in [0, 0.05) is 46.3 Å². The molecule has 2 N–H and O–H groups in total. The summed E-state index contributed by atoms with van der Waals surface area (Å²) >= 11 is 6.08. The number of rotatable bonds is 3. The molecule has 1 aromatic heterocycles. The third-order valence-corrected chi connectivity index (χ3v) is 3.57. The van der Waals surface area contributed by atoms with E-state index in [9.17, 15) is 4.79 Å². The van der Waals surface area contributed by atoms with Crippen molar-refractivity contribution >= 4 is 17.3 Å². The van der Waals surface area contributed by atoms with E-state index in [2.05, 4.69) is 14.9 Å². The van der Waals surface area contributed by atoms with Gasteiger partial charge in [-0.1, -0.05) is 11.6 Å². The monoisotopic (exact) mass is 271 g/mol. The number of nitrogens with zero attached hydrogens (tertiary/aromatic N) is 4. The number of hydrogen-bond donors (Lipinski definition) is 1. The van der Waals surface area contributed by atoms with Crippen molar-refractivity contribution in [2.45, 2.75) is 0 Å². The Hall–Kier alpha value is -1.11. The van der Waals surface area contributed by atoms with E-state index in [0.717, 1.165) is 38.4 Å². The van der Waals surface area contributed by atoms with Crippen LogP contribution in [0.4, 0.5) is 5.69 Å². The molecule has 0 radical (unpaired) electrons. The predicted molar refractivity (Wildman–Crippen MR) is 72.2 cm³/mol. The van der Waals surface area contributed by atoms with Crippen molar-refractivity contribution in [3.8, 4) is 0 Å². The standard InChI is InChI=1S/C11H18ClN5O/c1-15-11(18)10(12)9(8-14-15)17-6-4-16(3-2-13)5-7-17/h8H,2-7,13H2,1H3. The molecule has 1 aliphatic heterocycles. The van der Waals surface area contributed by atoms with E-state index in [1.54, 1.807) is 13.2 Å². The Bertz CT molecular complexity index is 467. The summed E-state index contributed by atoms with van der Waals surface area (Å²) in [5.41, 5.74) is 6.01. The Kier molecular flexibility index (Phi) is 4.21. The molecule has 0 bridgehead atoms. The van der Waals surface area contributed by atoms with Gasteiger partial charge in [0.25, 0.3) is 5.56 Å². The van der Waals surface area contributed by atoms with Crippen LogP contribution in [0.15, 0.2) is 11.0 Å². The molecular formula is C11H18ClN5O. The van der Waals surface area contributed by atoms with Gasteiger partial charge in [-0.2, -0.15) is 5.10 Å². The van der Waals surface area contributed by atoms with Gasteiger partial charge in [0.15, 0.2) is 0 Å². The SMILES string of the molecule is Cn1ncc(N2CCN(CCN)CC2)c(Cl)c1=O. The minimum Gasteiger partial charge on any atom is -0.366 e. The molecule has 0 aromatic carbocycles. The molecule has 100 valence electrons. The molecule has 0 atom stereocenters. The first-order valence-electron chi connectivity index (χ1n) is 6.02. The normalized spacial score (nSPS) is 17.2. The number of anilines is 1. The third kappa shape index (κ3) is 2.66. The minimum absolute atomic E-state index is 0.250. The molecule has 1 fully saturated rings. The minimum atomic E-state index is -0.251. The van der Waals surface area contributed by atoms with Crippen LogP contribution in [0.3, 0.4) is 0 Å². The zero-order valence-corrected chi connectivity index (χ0v) is 11.2. The van der Waals surface area contributed by atoms with Crippen LogP contribution in [0, 0.1) is 0 Å². The van der Waals surface area contributed by atoms with Crippen LogP contribution in [-0.2, 0) is 7.05 Å². The molecule has 7 heteroatoms. The van der Waals surface area contributed by atoms with E-state index in [4.69, 9.17) is 17.3 Å². The molecule has 0 aliphatic carbocycles. The van der Waals surface area contributed by atoms with E-state index >= 15 is 0 Å². The second kappa shape index (κ2) is 5.69. The number of aryl methyl sites for hydroxylation is 1. The van der Waals surface area contributed by atoms with E-state index in [1.165, 1.54) is 4.68 Å². The zero-order valence-electron chi connectivity index (χ0n) is 10.5. The second-order valence-electron chi connectivity index (χ2n) is 4.39. The summed E-state index contributed by atoms with van der Waals surface area (Å²) < 4.78 is 1.25. The molecule has 6 nitrogen and oxygen atoms in total. The van der Waals surface area contributed by atoms with Crippen LogP contribution in [0.25, 0.3) is 0 Å². The fourth-order valence-corrected chi connectivity index (χ4v) is 2.41. The van der Waals surface area contributed by atoms with E-state index in [-0.39, 0.29) is 10.6 Å². The fraction of sp³-hybridized carbons (Fsp3) is 0.636. The molecule has 0 spiro atoms. The van der Waals surface area contributed by atoms with Crippen LogP contribution >= 0.6 is 11.6 Å². The van der Waals surface area contributed by atoms with Gasteiger partial charge in [-0.05, 0) is 0 Å². The van der Waals surface area contributed by atoms with Crippen molar-refractivity contribution in [2.75, 3.05) is 44.2 Å². The van der Waals surface area contributed by atoms with E-state index in [0.29, 0.717) is 6.54 Å². The predicted octanol–water partition coefficient (Wildman–Crippen LogP) is -0.486. The molecule has 0 unspecified atom stereocenters. The molecule has 0 saturated carbocycles. The number of nitrogens with two attached hydrogens (primary N) is 1. The Labute approximate surface area is 111 Å². The van der Waals surface area contributed by atoms with Crippen LogP contribution in [0.1, 0.15) is 0 Å². The van der Waals surface area contributed by atoms with Crippen molar-refractivity contribution in [2.24, 2.45) is 12.8 Å². The summed E-state index contributed by atoms with van der Waals surface area (Å²) in [4.78, 5) is 16.1. The molecule has 18 heavy (non-hydrogen) atoms. The Balaban J connectivity index is 2.10. The topological polar surface area (TPSA) is 67.4 Å². The summed E-state index contributed by atoms with van der Waals surface area (Å²) in [7, 11) is 1.59. The van der Waals surface area contributed by atoms with Crippen molar-refractivity contribution in [1.29, 1.82) is 0 Å². The number of hydrogen-bond acceptors (Lipinski definition) is 5. The summed E-state index contributed by atoms with van der Waals surface area (Å²) in [6.45, 7) is 5.14. The Morgan fingerprint density at radius 3 is 2.67 bits per heavy atom. The summed E-state index contributed by atoms with van der Waals surface area (Å²) in [6, 6.07) is 0. The lowest BCUT2D eigenvalue weighted by Crippen LogP contribution is -2.48. The zero-order chi connectivity index (χ0) is 13.1. The van der Waals surface area contributed by atoms with Gasteiger partial charge in [0.05, 0.1) is 11.9 Å². The molecule has 1 aliphatic rings. The Morgan fingerprint density at radius 2 is 2.06 bits per heavy atom. The van der Waals surface area contributed by atoms with Crippen molar-refractivity contribution in [3.63, 3.8) is 0 Å². The van der Waals surface area contributed by atoms with Crippen LogP contribution in [0.2, 0.25) is 5.02 Å². The van der Waals surface area contributed by atoms with Gasteiger partial charge in [-0.15, -0.1) is 0 Å². The quantitative estimate of drug-likeness (QED) is 0.804. The first-order chi connectivity index (χ1) is 8.63. The highest BCUT2D eigenvalue weighted by atomic mass is 35.5. The van der Waals surface area contributed by atoms with Crippen molar-refractivity contribution in [3.05, 3.63) is 21.6 Å². The van der Waals surface area contributed by atoms with Crippen LogP contribution in [0.5, 0.6) is 0 Å². The summed E-state index contributed by atoms with van der Waals surface area (Å²) in [5.74, 6) is 0. The van der Waals surface area contributed by atoms with Gasteiger partial charge in [-0.3, -0.25) is 9.69 Å². The number of piperazine rings is 1. The highest BCUT2D eigenvalue weighted by Crippen LogP contribution is 2.21. The number of halogens is 1. The van der Waals surface area contributed by atoms with Crippen LogP contribution < -0.4 is 16.2 Å². The molecule has 2 rings (SSSR count). The average molecular weight is 272 g/mol. The molecule has 1 aromatic rings. The third-order valence-electron chi connectivity index (χ3n) is 3.22. The lowest BCUT2D eigenvalue weighted by molar-refractivity contribution is 0.264. The average Bonchev–Trinajstić information content (AvgIpc) is 2.38. The molecule has 2 heterocycles. The van der Waals surface area contributed by atoms with E-state index < -0.39 is 0 Å². The maximum Gasteiger partial charge on any atom is 0.287 e. The van der Waals surface area contributed by atoms with Crippen molar-refractivity contribution < 1.29 is 0 Å². The first kappa shape index (κ1) is 13.3. The maximum atomic E-state index is 11.7. The fourth-order valence-electron chi connectivity index (χ4n) is 2.12. The van der Waals surface area contributed by atoms with E-state index in [1.807, 2.05) is 0 Å². The van der Waals surface area contributed by atoms with Gasteiger partial charge in [-0.25, -0.2) is 4.68 Å². The summed E-state index contributed by atoms with van der Waals surface area (Å²) in [5, 5.41) is 4.26. The van der Waals surface area contributed by atoms with Crippen molar-refractivity contribution in [1.82, 2.24) is 14.7 Å². The first-order valence-corrected chi connectivity index (χ1v) is 6.40. The van der Waals surface area contributed by atoms with Crippen LogP contribution in [-0.4, -0.2) is 53.9 Å². The van der Waals surface area contributed by atoms with Gasteiger partial charge in [0.1, 0.15) is 5.02 Å². The highest BCUT2D eigenvalue weighted by molar-refractivity contribution is 6.33.